The lowest BCUT2D eigenvalue weighted by Crippen LogP contribution is -2.26. The predicted octanol–water partition coefficient (Wildman–Crippen LogP) is 4.02. The summed E-state index contributed by atoms with van der Waals surface area (Å²) in [6, 6.07) is 12.0. The predicted molar refractivity (Wildman–Crippen MR) is 106 cm³/mol. The van der Waals surface area contributed by atoms with Gasteiger partial charge in [0.1, 0.15) is 0 Å². The maximum absolute atomic E-state index is 12.3. The molecular weight excluding hydrogens is 434 g/mol. The average Bonchev–Trinajstić information content (AvgIpc) is 2.59. The van der Waals surface area contributed by atoms with Crippen molar-refractivity contribution in [1.82, 2.24) is 0 Å². The van der Waals surface area contributed by atoms with Crippen LogP contribution in [0.5, 0.6) is 0 Å². The van der Waals surface area contributed by atoms with Crippen LogP contribution in [0.25, 0.3) is 0 Å². The second-order valence-electron chi connectivity index (χ2n) is 6.89. The minimum Gasteiger partial charge on any atom is -0.454 e. The number of sulfonamides is 1. The van der Waals surface area contributed by atoms with Gasteiger partial charge in [0.15, 0.2) is 12.4 Å². The minimum atomic E-state index is -3.73. The largest absolute Gasteiger partial charge is 0.454 e. The fourth-order valence-electron chi connectivity index (χ4n) is 1.93. The van der Waals surface area contributed by atoms with E-state index in [9.17, 15) is 18.0 Å². The first-order chi connectivity index (χ1) is 12.5. The number of carbonyl (C=O) groups excluding carboxylic acids is 2. The molecule has 6 nitrogen and oxygen atoms in total. The van der Waals surface area contributed by atoms with Crippen LogP contribution in [0.1, 0.15) is 31.1 Å². The smallest absolute Gasteiger partial charge is 0.338 e. The van der Waals surface area contributed by atoms with E-state index in [0.29, 0.717) is 5.69 Å². The number of hydrogen-bond acceptors (Lipinski definition) is 5. The second kappa shape index (κ2) is 8.22. The summed E-state index contributed by atoms with van der Waals surface area (Å²) in [5.41, 5.74) is -0.0568. The van der Waals surface area contributed by atoms with Crippen LogP contribution in [0.4, 0.5) is 5.69 Å². The highest BCUT2D eigenvalue weighted by Crippen LogP contribution is 2.19. The minimum absolute atomic E-state index is 0.120. The van der Waals surface area contributed by atoms with Crippen LogP contribution >= 0.6 is 15.9 Å². The molecule has 0 aliphatic carbocycles. The molecular formula is C19H20BrNO5S. The molecule has 0 radical (unpaired) electrons. The molecule has 0 saturated heterocycles. The maximum Gasteiger partial charge on any atom is 0.338 e. The van der Waals surface area contributed by atoms with Crippen LogP contribution in [0.2, 0.25) is 0 Å². The van der Waals surface area contributed by atoms with Crippen LogP contribution in [0.3, 0.4) is 0 Å². The van der Waals surface area contributed by atoms with Crippen molar-refractivity contribution in [2.24, 2.45) is 5.41 Å². The number of nitrogens with one attached hydrogen (secondary N) is 1. The molecule has 0 aliphatic heterocycles. The van der Waals surface area contributed by atoms with Gasteiger partial charge in [-0.05, 0) is 48.5 Å². The van der Waals surface area contributed by atoms with Gasteiger partial charge in [-0.15, -0.1) is 0 Å². The van der Waals surface area contributed by atoms with Crippen LogP contribution in [-0.2, 0) is 19.6 Å². The Bertz CT molecular complexity index is 930. The number of benzene rings is 2. The molecule has 0 fully saturated rings. The molecule has 27 heavy (non-hydrogen) atoms. The zero-order valence-electron chi connectivity index (χ0n) is 15.2. The molecule has 0 bridgehead atoms. The molecule has 0 unspecified atom stereocenters. The quantitative estimate of drug-likeness (QED) is 0.666. The number of carbonyl (C=O) groups is 2. The number of esters is 1. The van der Waals surface area contributed by atoms with Crippen LogP contribution < -0.4 is 4.72 Å². The summed E-state index contributed by atoms with van der Waals surface area (Å²) in [6.45, 7) is 4.93. The third-order valence-corrected chi connectivity index (χ3v) is 5.59. The molecule has 0 spiro atoms. The van der Waals surface area contributed by atoms with Crippen molar-refractivity contribution in [2.45, 2.75) is 25.7 Å². The van der Waals surface area contributed by atoms with Crippen molar-refractivity contribution in [3.05, 3.63) is 58.6 Å². The highest BCUT2D eigenvalue weighted by atomic mass is 79.9. The van der Waals surface area contributed by atoms with Crippen molar-refractivity contribution in [2.75, 3.05) is 11.3 Å². The Hall–Kier alpha value is -2.19. The van der Waals surface area contributed by atoms with E-state index in [0.717, 1.165) is 4.47 Å². The monoisotopic (exact) mass is 453 g/mol. The van der Waals surface area contributed by atoms with Gasteiger partial charge in [0.25, 0.3) is 10.0 Å². The number of Topliss-reactive ketones (excluding diaryl/α,β-unsaturated/α-hetero) is 1. The van der Waals surface area contributed by atoms with Gasteiger partial charge in [-0.3, -0.25) is 9.52 Å². The van der Waals surface area contributed by atoms with Gasteiger partial charge in [0.05, 0.1) is 10.5 Å². The average molecular weight is 454 g/mol. The van der Waals surface area contributed by atoms with Gasteiger partial charge in [-0.2, -0.15) is 0 Å². The van der Waals surface area contributed by atoms with E-state index in [4.69, 9.17) is 4.74 Å². The van der Waals surface area contributed by atoms with Gasteiger partial charge in [-0.25, -0.2) is 13.2 Å². The van der Waals surface area contributed by atoms with Crippen LogP contribution in [-0.4, -0.2) is 26.8 Å². The molecule has 8 heteroatoms. The van der Waals surface area contributed by atoms with Crippen molar-refractivity contribution in [1.29, 1.82) is 0 Å². The Morgan fingerprint density at radius 3 is 2.07 bits per heavy atom. The molecule has 144 valence electrons. The topological polar surface area (TPSA) is 89.5 Å². The first-order valence-electron chi connectivity index (χ1n) is 8.08. The van der Waals surface area contributed by atoms with Crippen molar-refractivity contribution >= 4 is 43.4 Å². The lowest BCUT2D eigenvalue weighted by molar-refractivity contribution is -0.129. The van der Waals surface area contributed by atoms with Gasteiger partial charge >= 0.3 is 5.97 Å². The molecule has 0 heterocycles. The third-order valence-electron chi connectivity index (χ3n) is 3.67. The van der Waals surface area contributed by atoms with E-state index in [1.54, 1.807) is 32.9 Å². The zero-order valence-corrected chi connectivity index (χ0v) is 17.6. The van der Waals surface area contributed by atoms with E-state index in [1.165, 1.54) is 36.4 Å². The zero-order chi connectivity index (χ0) is 20.2. The Morgan fingerprint density at radius 2 is 1.56 bits per heavy atom. The standard InChI is InChI=1S/C19H20BrNO5S/c1-19(2,3)17(22)12-26-18(23)13-4-8-15(9-5-13)21-27(24,25)16-10-6-14(20)7-11-16/h4-11,21H,12H2,1-3H3. The number of ether oxygens (including phenoxy) is 1. The SMILES string of the molecule is CC(C)(C)C(=O)COC(=O)c1ccc(NS(=O)(=O)c2ccc(Br)cc2)cc1. The highest BCUT2D eigenvalue weighted by molar-refractivity contribution is 9.10. The third kappa shape index (κ3) is 5.90. The molecule has 0 saturated carbocycles. The lowest BCUT2D eigenvalue weighted by Gasteiger charge is -2.16. The fraction of sp³-hybridized carbons (Fsp3) is 0.263. The maximum atomic E-state index is 12.3. The number of hydrogen-bond donors (Lipinski definition) is 1. The fourth-order valence-corrected chi connectivity index (χ4v) is 3.26. The summed E-state index contributed by atoms with van der Waals surface area (Å²) < 4.78 is 32.9. The summed E-state index contributed by atoms with van der Waals surface area (Å²) in [4.78, 5) is 23.9. The highest BCUT2D eigenvalue weighted by Gasteiger charge is 2.23. The second-order valence-corrected chi connectivity index (χ2v) is 9.48. The summed E-state index contributed by atoms with van der Waals surface area (Å²) in [6.07, 6.45) is 0. The van der Waals surface area contributed by atoms with Crippen molar-refractivity contribution in [3.63, 3.8) is 0 Å². The van der Waals surface area contributed by atoms with Crippen molar-refractivity contribution in [3.8, 4) is 0 Å². The van der Waals surface area contributed by atoms with Gasteiger partial charge in [0.2, 0.25) is 0 Å². The van der Waals surface area contributed by atoms with E-state index in [-0.39, 0.29) is 22.8 Å². The molecule has 0 amide bonds. The number of halogens is 1. The van der Waals surface area contributed by atoms with Crippen LogP contribution in [0, 0.1) is 5.41 Å². The summed E-state index contributed by atoms with van der Waals surface area (Å²) in [5, 5.41) is 0. The summed E-state index contributed by atoms with van der Waals surface area (Å²) in [5.74, 6) is -0.829. The summed E-state index contributed by atoms with van der Waals surface area (Å²) >= 11 is 3.25. The molecule has 0 aromatic heterocycles. The Morgan fingerprint density at radius 1 is 1.00 bits per heavy atom. The molecule has 2 aromatic carbocycles. The number of ketones is 1. The van der Waals surface area contributed by atoms with E-state index >= 15 is 0 Å². The van der Waals surface area contributed by atoms with Gasteiger partial charge < -0.3 is 4.74 Å². The molecule has 0 atom stereocenters. The number of rotatable bonds is 6. The van der Waals surface area contributed by atoms with E-state index < -0.39 is 21.4 Å². The molecule has 0 aliphatic rings. The van der Waals surface area contributed by atoms with Gasteiger partial charge in [0, 0.05) is 15.6 Å². The Balaban J connectivity index is 2.03. The number of anilines is 1. The Labute approximate surface area is 167 Å². The molecule has 2 aromatic rings. The van der Waals surface area contributed by atoms with Crippen molar-refractivity contribution < 1.29 is 22.7 Å². The molecule has 2 rings (SSSR count). The normalized spacial score (nSPS) is 11.7. The summed E-state index contributed by atoms with van der Waals surface area (Å²) in [7, 11) is -3.73. The van der Waals surface area contributed by atoms with Gasteiger partial charge in [-0.1, -0.05) is 36.7 Å². The molecule has 1 N–H and O–H groups in total. The Kier molecular flexibility index (Phi) is 6.43. The lowest BCUT2D eigenvalue weighted by atomic mass is 9.91. The van der Waals surface area contributed by atoms with E-state index in [2.05, 4.69) is 20.7 Å². The first kappa shape index (κ1) is 21.1. The first-order valence-corrected chi connectivity index (χ1v) is 10.4. The van der Waals surface area contributed by atoms with Crippen LogP contribution in [0.15, 0.2) is 57.9 Å². The van der Waals surface area contributed by atoms with E-state index in [1.807, 2.05) is 0 Å².